The Kier molecular flexibility index (Phi) is 4.20. The summed E-state index contributed by atoms with van der Waals surface area (Å²) in [6.45, 7) is 4.52. The fourth-order valence-corrected chi connectivity index (χ4v) is 2.65. The molecule has 0 bridgehead atoms. The molecule has 0 unspecified atom stereocenters. The van der Waals surface area contributed by atoms with E-state index < -0.39 is 0 Å². The lowest BCUT2D eigenvalue weighted by atomic mass is 9.87. The number of rotatable bonds is 4. The Balaban J connectivity index is 2.54. The zero-order valence-electron chi connectivity index (χ0n) is 9.34. The quantitative estimate of drug-likeness (QED) is 0.723. The molecule has 1 aliphatic rings. The molecular formula is C11H23NO. The summed E-state index contributed by atoms with van der Waals surface area (Å²) in [6.07, 6.45) is 4.47. The van der Waals surface area contributed by atoms with E-state index in [2.05, 4.69) is 19.2 Å². The molecule has 2 nitrogen and oxygen atoms in total. The highest BCUT2D eigenvalue weighted by molar-refractivity contribution is 4.87. The molecule has 1 fully saturated rings. The first kappa shape index (κ1) is 11.0. The second kappa shape index (κ2) is 4.97. The van der Waals surface area contributed by atoms with Gasteiger partial charge in [0.1, 0.15) is 0 Å². The third-order valence-electron chi connectivity index (χ3n) is 3.60. The van der Waals surface area contributed by atoms with Crippen LogP contribution in [0.5, 0.6) is 0 Å². The largest absolute Gasteiger partial charge is 0.380 e. The number of hydrogen-bond donors (Lipinski definition) is 1. The zero-order chi connectivity index (χ0) is 9.84. The normalized spacial score (nSPS) is 33.2. The third-order valence-corrected chi connectivity index (χ3v) is 3.60. The molecule has 4 atom stereocenters. The van der Waals surface area contributed by atoms with E-state index in [1.54, 1.807) is 7.11 Å². The van der Waals surface area contributed by atoms with Crippen molar-refractivity contribution in [3.8, 4) is 0 Å². The minimum Gasteiger partial charge on any atom is -0.380 e. The highest BCUT2D eigenvalue weighted by atomic mass is 16.5. The fraction of sp³-hybridized carbons (Fsp3) is 1.00. The summed E-state index contributed by atoms with van der Waals surface area (Å²) in [4.78, 5) is 0. The maximum Gasteiger partial charge on any atom is 0.0698 e. The molecule has 0 aromatic rings. The van der Waals surface area contributed by atoms with Gasteiger partial charge in [-0.15, -0.1) is 0 Å². The predicted octanol–water partition coefficient (Wildman–Crippen LogP) is 2.05. The summed E-state index contributed by atoms with van der Waals surface area (Å²) < 4.78 is 5.40. The van der Waals surface area contributed by atoms with Crippen LogP contribution >= 0.6 is 0 Å². The number of hydrogen-bond acceptors (Lipinski definition) is 2. The average Bonchev–Trinajstić information content (AvgIpc) is 2.53. The zero-order valence-corrected chi connectivity index (χ0v) is 9.34. The number of nitrogens with one attached hydrogen (secondary N) is 1. The predicted molar refractivity (Wildman–Crippen MR) is 55.8 cm³/mol. The number of methoxy groups -OCH3 is 1. The molecule has 0 aromatic heterocycles. The maximum atomic E-state index is 5.40. The summed E-state index contributed by atoms with van der Waals surface area (Å²) >= 11 is 0. The van der Waals surface area contributed by atoms with Crippen LogP contribution in [0.25, 0.3) is 0 Å². The van der Waals surface area contributed by atoms with Gasteiger partial charge in [0.15, 0.2) is 0 Å². The van der Waals surface area contributed by atoms with Gasteiger partial charge in [0.25, 0.3) is 0 Å². The van der Waals surface area contributed by atoms with Crippen molar-refractivity contribution >= 4 is 0 Å². The Bertz CT molecular complexity index is 149. The highest BCUT2D eigenvalue weighted by Crippen LogP contribution is 2.34. The van der Waals surface area contributed by atoms with Gasteiger partial charge in [-0.05, 0) is 32.2 Å². The van der Waals surface area contributed by atoms with Crippen molar-refractivity contribution in [1.82, 2.24) is 5.32 Å². The summed E-state index contributed by atoms with van der Waals surface area (Å²) in [5.41, 5.74) is 0. The lowest BCUT2D eigenvalue weighted by Crippen LogP contribution is -2.44. The molecule has 1 rings (SSSR count). The van der Waals surface area contributed by atoms with Gasteiger partial charge in [0.05, 0.1) is 6.10 Å². The summed E-state index contributed by atoms with van der Waals surface area (Å²) in [5, 5.41) is 3.40. The van der Waals surface area contributed by atoms with Crippen LogP contribution in [0, 0.1) is 11.8 Å². The maximum absolute atomic E-state index is 5.40. The summed E-state index contributed by atoms with van der Waals surface area (Å²) in [5.74, 6) is 1.66. The van der Waals surface area contributed by atoms with Crippen LogP contribution < -0.4 is 5.32 Å². The van der Waals surface area contributed by atoms with Gasteiger partial charge < -0.3 is 10.1 Å². The van der Waals surface area contributed by atoms with Crippen LogP contribution in [0.2, 0.25) is 0 Å². The number of likely N-dealkylation sites (N-methyl/N-ethyl adjacent to an activating group) is 1. The van der Waals surface area contributed by atoms with E-state index in [1.165, 1.54) is 19.3 Å². The third kappa shape index (κ3) is 2.44. The SMILES string of the molecule is CN[C@@H]([C@H]1CCC[C@H]1C)[C@H](C)OC. The van der Waals surface area contributed by atoms with Crippen molar-refractivity contribution in [2.45, 2.75) is 45.3 Å². The molecular weight excluding hydrogens is 162 g/mol. The van der Waals surface area contributed by atoms with Gasteiger partial charge in [0, 0.05) is 13.2 Å². The average molecular weight is 185 g/mol. The Hall–Kier alpha value is -0.0800. The fourth-order valence-electron chi connectivity index (χ4n) is 2.65. The highest BCUT2D eigenvalue weighted by Gasteiger charge is 2.32. The topological polar surface area (TPSA) is 21.3 Å². The first-order valence-corrected chi connectivity index (χ1v) is 5.40. The molecule has 0 spiro atoms. The van der Waals surface area contributed by atoms with E-state index in [9.17, 15) is 0 Å². The van der Waals surface area contributed by atoms with Crippen molar-refractivity contribution < 1.29 is 4.74 Å². The Morgan fingerprint density at radius 2 is 2.08 bits per heavy atom. The first-order valence-electron chi connectivity index (χ1n) is 5.40. The van der Waals surface area contributed by atoms with E-state index in [4.69, 9.17) is 4.74 Å². The van der Waals surface area contributed by atoms with Gasteiger partial charge in [-0.1, -0.05) is 19.8 Å². The molecule has 0 aliphatic heterocycles. The second-order valence-electron chi connectivity index (χ2n) is 4.33. The first-order chi connectivity index (χ1) is 6.20. The molecule has 0 radical (unpaired) electrons. The van der Waals surface area contributed by atoms with Crippen LogP contribution in [0.3, 0.4) is 0 Å². The summed E-state index contributed by atoms with van der Waals surface area (Å²) in [6, 6.07) is 0.530. The minimum atomic E-state index is 0.329. The van der Waals surface area contributed by atoms with Crippen LogP contribution in [-0.2, 0) is 4.74 Å². The molecule has 0 amide bonds. The monoisotopic (exact) mass is 185 g/mol. The van der Waals surface area contributed by atoms with Crippen molar-refractivity contribution in [3.05, 3.63) is 0 Å². The van der Waals surface area contributed by atoms with Crippen molar-refractivity contribution in [2.75, 3.05) is 14.2 Å². The molecule has 1 aliphatic carbocycles. The van der Waals surface area contributed by atoms with E-state index in [1.807, 2.05) is 7.05 Å². The lowest BCUT2D eigenvalue weighted by molar-refractivity contribution is 0.0572. The second-order valence-corrected chi connectivity index (χ2v) is 4.33. The molecule has 1 saturated carbocycles. The molecule has 13 heavy (non-hydrogen) atoms. The lowest BCUT2D eigenvalue weighted by Gasteiger charge is -2.30. The molecule has 78 valence electrons. The smallest absolute Gasteiger partial charge is 0.0698 e. The van der Waals surface area contributed by atoms with Gasteiger partial charge in [-0.25, -0.2) is 0 Å². The van der Waals surface area contributed by atoms with Crippen LogP contribution in [0.15, 0.2) is 0 Å². The van der Waals surface area contributed by atoms with Gasteiger partial charge in [-0.3, -0.25) is 0 Å². The molecule has 1 N–H and O–H groups in total. The van der Waals surface area contributed by atoms with Crippen molar-refractivity contribution in [3.63, 3.8) is 0 Å². The van der Waals surface area contributed by atoms with E-state index in [0.717, 1.165) is 11.8 Å². The van der Waals surface area contributed by atoms with Crippen LogP contribution in [0.4, 0.5) is 0 Å². The number of ether oxygens (including phenoxy) is 1. The Morgan fingerprint density at radius 1 is 1.38 bits per heavy atom. The van der Waals surface area contributed by atoms with Gasteiger partial charge >= 0.3 is 0 Å². The van der Waals surface area contributed by atoms with Crippen molar-refractivity contribution in [1.29, 1.82) is 0 Å². The molecule has 0 aromatic carbocycles. The summed E-state index contributed by atoms with van der Waals surface area (Å²) in [7, 11) is 3.85. The Labute approximate surface area is 82.0 Å². The minimum absolute atomic E-state index is 0.329. The Morgan fingerprint density at radius 3 is 2.46 bits per heavy atom. The van der Waals surface area contributed by atoms with Crippen LogP contribution in [-0.4, -0.2) is 26.3 Å². The van der Waals surface area contributed by atoms with Gasteiger partial charge in [-0.2, -0.15) is 0 Å². The molecule has 0 saturated heterocycles. The standard InChI is InChI=1S/C11H23NO/c1-8-6-5-7-10(8)11(12-3)9(2)13-4/h8-12H,5-7H2,1-4H3/t8-,9+,10+,11-/m1/s1. The van der Waals surface area contributed by atoms with E-state index in [-0.39, 0.29) is 0 Å². The van der Waals surface area contributed by atoms with E-state index >= 15 is 0 Å². The van der Waals surface area contributed by atoms with Gasteiger partial charge in [0.2, 0.25) is 0 Å². The molecule has 0 heterocycles. The van der Waals surface area contributed by atoms with Crippen LogP contribution in [0.1, 0.15) is 33.1 Å². The molecule has 2 heteroatoms. The van der Waals surface area contributed by atoms with Crippen molar-refractivity contribution in [2.24, 2.45) is 11.8 Å². The van der Waals surface area contributed by atoms with E-state index in [0.29, 0.717) is 12.1 Å².